The number of nitrogens with zero attached hydrogens (tertiary/aromatic N) is 2. The van der Waals surface area contributed by atoms with Gasteiger partial charge in [0.05, 0.1) is 6.54 Å². The van der Waals surface area contributed by atoms with E-state index in [0.717, 1.165) is 39.8 Å². The first-order valence-corrected chi connectivity index (χ1v) is 10.5. The van der Waals surface area contributed by atoms with E-state index in [4.69, 9.17) is 4.74 Å². The summed E-state index contributed by atoms with van der Waals surface area (Å²) in [7, 11) is 0. The van der Waals surface area contributed by atoms with E-state index in [2.05, 4.69) is 10.8 Å². The van der Waals surface area contributed by atoms with E-state index in [1.165, 1.54) is 6.07 Å². The molecular weight excluding hydrogens is 391 g/mol. The minimum Gasteiger partial charge on any atom is -0.492 e. The first-order chi connectivity index (χ1) is 15.2. The van der Waals surface area contributed by atoms with Gasteiger partial charge in [-0.05, 0) is 53.9 Å². The van der Waals surface area contributed by atoms with Crippen molar-refractivity contribution in [2.75, 3.05) is 19.7 Å². The summed E-state index contributed by atoms with van der Waals surface area (Å²) in [6.07, 6.45) is 2.89. The molecule has 0 fully saturated rings. The zero-order valence-corrected chi connectivity index (χ0v) is 17.1. The van der Waals surface area contributed by atoms with E-state index in [1.54, 1.807) is 12.1 Å². The smallest absolute Gasteiger partial charge is 0.254 e. The average molecular weight is 414 g/mol. The second-order valence-corrected chi connectivity index (χ2v) is 7.82. The van der Waals surface area contributed by atoms with Crippen LogP contribution in [0.15, 0.2) is 79.0 Å². The van der Waals surface area contributed by atoms with Gasteiger partial charge in [-0.3, -0.25) is 4.79 Å². The van der Waals surface area contributed by atoms with Crippen molar-refractivity contribution >= 4 is 16.8 Å². The van der Waals surface area contributed by atoms with Gasteiger partial charge in [0.1, 0.15) is 18.2 Å². The summed E-state index contributed by atoms with van der Waals surface area (Å²) >= 11 is 0. The maximum atomic E-state index is 13.6. The molecule has 0 atom stereocenters. The highest BCUT2D eigenvalue weighted by atomic mass is 19.1. The number of hydrogen-bond acceptors (Lipinski definition) is 2. The number of carbonyl (C=O) groups excluding carboxylic acids is 1. The standard InChI is InChI=1S/C26H23FN2O2/c27-21-7-4-6-19(16-21)17-29-18-20-12-13-28(14-15-31-22-8-2-1-3-9-22)26(30)23-10-5-11-24(29)25(20)23/h1-11,16,18H,12-15,17H2. The average Bonchev–Trinajstić information content (AvgIpc) is 3.07. The molecule has 4 aromatic rings. The van der Waals surface area contributed by atoms with E-state index < -0.39 is 0 Å². The molecule has 0 aliphatic carbocycles. The third kappa shape index (κ3) is 3.91. The molecule has 4 nitrogen and oxygen atoms in total. The van der Waals surface area contributed by atoms with Crippen LogP contribution in [0.3, 0.4) is 0 Å². The van der Waals surface area contributed by atoms with Gasteiger partial charge >= 0.3 is 0 Å². The van der Waals surface area contributed by atoms with Crippen molar-refractivity contribution in [1.82, 2.24) is 9.47 Å². The lowest BCUT2D eigenvalue weighted by atomic mass is 10.1. The van der Waals surface area contributed by atoms with Crippen molar-refractivity contribution in [3.8, 4) is 5.75 Å². The van der Waals surface area contributed by atoms with Crippen LogP contribution in [0.4, 0.5) is 4.39 Å². The van der Waals surface area contributed by atoms with E-state index in [1.807, 2.05) is 59.5 Å². The molecule has 3 aromatic carbocycles. The zero-order chi connectivity index (χ0) is 21.2. The Morgan fingerprint density at radius 1 is 0.968 bits per heavy atom. The highest BCUT2D eigenvalue weighted by Gasteiger charge is 2.25. The zero-order valence-electron chi connectivity index (χ0n) is 17.1. The van der Waals surface area contributed by atoms with Gasteiger partial charge in [-0.2, -0.15) is 0 Å². The lowest BCUT2D eigenvalue weighted by Gasteiger charge is -2.21. The van der Waals surface area contributed by atoms with E-state index >= 15 is 0 Å². The van der Waals surface area contributed by atoms with Crippen molar-refractivity contribution in [2.24, 2.45) is 0 Å². The molecular formula is C26H23FN2O2. The van der Waals surface area contributed by atoms with E-state index in [-0.39, 0.29) is 11.7 Å². The van der Waals surface area contributed by atoms with Crippen molar-refractivity contribution < 1.29 is 13.9 Å². The largest absolute Gasteiger partial charge is 0.492 e. The molecule has 0 saturated carbocycles. The van der Waals surface area contributed by atoms with Gasteiger partial charge in [0.2, 0.25) is 0 Å². The summed E-state index contributed by atoms with van der Waals surface area (Å²) in [5.74, 6) is 0.603. The predicted molar refractivity (Wildman–Crippen MR) is 119 cm³/mol. The molecule has 5 heteroatoms. The molecule has 0 bridgehead atoms. The molecule has 0 radical (unpaired) electrons. The van der Waals surface area contributed by atoms with Crippen LogP contribution in [0.2, 0.25) is 0 Å². The van der Waals surface area contributed by atoms with Crippen molar-refractivity contribution in [2.45, 2.75) is 13.0 Å². The van der Waals surface area contributed by atoms with Gasteiger partial charge in [-0.25, -0.2) is 4.39 Å². The summed E-state index contributed by atoms with van der Waals surface area (Å²) in [6.45, 7) is 2.21. The summed E-state index contributed by atoms with van der Waals surface area (Å²) in [5, 5.41) is 1.01. The molecule has 1 aromatic heterocycles. The van der Waals surface area contributed by atoms with Crippen LogP contribution in [-0.4, -0.2) is 35.1 Å². The number of benzene rings is 3. The fourth-order valence-electron chi connectivity index (χ4n) is 4.30. The molecule has 0 N–H and O–H groups in total. The number of amides is 1. The van der Waals surface area contributed by atoms with Crippen LogP contribution < -0.4 is 4.74 Å². The first-order valence-electron chi connectivity index (χ1n) is 10.5. The Kier molecular flexibility index (Phi) is 5.16. The van der Waals surface area contributed by atoms with Crippen LogP contribution >= 0.6 is 0 Å². The third-order valence-corrected chi connectivity index (χ3v) is 5.77. The molecule has 1 amide bonds. The molecule has 5 rings (SSSR count). The van der Waals surface area contributed by atoms with Crippen LogP contribution in [0.1, 0.15) is 21.5 Å². The normalized spacial score (nSPS) is 13.5. The van der Waals surface area contributed by atoms with Crippen molar-refractivity contribution in [3.63, 3.8) is 0 Å². The number of aromatic nitrogens is 1. The Balaban J connectivity index is 1.38. The molecule has 1 aliphatic heterocycles. The summed E-state index contributed by atoms with van der Waals surface area (Å²) < 4.78 is 21.5. The van der Waals surface area contributed by atoms with Crippen LogP contribution in [0, 0.1) is 5.82 Å². The number of para-hydroxylation sites is 1. The number of halogens is 1. The maximum Gasteiger partial charge on any atom is 0.254 e. The monoisotopic (exact) mass is 414 g/mol. The first kappa shape index (κ1) is 19.4. The Labute approximate surface area is 180 Å². The van der Waals surface area contributed by atoms with Gasteiger partial charge < -0.3 is 14.2 Å². The molecule has 2 heterocycles. The van der Waals surface area contributed by atoms with Crippen molar-refractivity contribution in [1.29, 1.82) is 0 Å². The van der Waals surface area contributed by atoms with Crippen LogP contribution in [0.5, 0.6) is 5.75 Å². The van der Waals surface area contributed by atoms with Gasteiger partial charge in [-0.1, -0.05) is 36.4 Å². The summed E-state index contributed by atoms with van der Waals surface area (Å²) in [4.78, 5) is 15.2. The van der Waals surface area contributed by atoms with Gasteiger partial charge in [0.25, 0.3) is 5.91 Å². The second kappa shape index (κ2) is 8.26. The van der Waals surface area contributed by atoms with Gasteiger partial charge in [0.15, 0.2) is 0 Å². The molecule has 156 valence electrons. The number of hydrogen-bond donors (Lipinski definition) is 0. The fraction of sp³-hybridized carbons (Fsp3) is 0.192. The highest BCUT2D eigenvalue weighted by Crippen LogP contribution is 2.30. The third-order valence-electron chi connectivity index (χ3n) is 5.77. The van der Waals surface area contributed by atoms with E-state index in [0.29, 0.717) is 26.2 Å². The minimum absolute atomic E-state index is 0.0320. The molecule has 1 aliphatic rings. The number of rotatable bonds is 6. The number of ether oxygens (including phenoxy) is 1. The Bertz CT molecular complexity index is 1230. The van der Waals surface area contributed by atoms with Gasteiger partial charge in [0, 0.05) is 35.8 Å². The molecule has 0 unspecified atom stereocenters. The van der Waals surface area contributed by atoms with Crippen molar-refractivity contribution in [3.05, 3.63) is 102 Å². The van der Waals surface area contributed by atoms with Crippen LogP contribution in [0.25, 0.3) is 10.9 Å². The SMILES string of the molecule is O=C1c2cccc3c2c(cn3Cc2cccc(F)c2)CCN1CCOc1ccccc1. The Morgan fingerprint density at radius 3 is 2.65 bits per heavy atom. The molecule has 0 saturated heterocycles. The van der Waals surface area contributed by atoms with Gasteiger partial charge in [-0.15, -0.1) is 0 Å². The molecule has 31 heavy (non-hydrogen) atoms. The predicted octanol–water partition coefficient (Wildman–Crippen LogP) is 4.91. The number of carbonyl (C=O) groups is 1. The minimum atomic E-state index is -0.237. The Morgan fingerprint density at radius 2 is 1.81 bits per heavy atom. The van der Waals surface area contributed by atoms with E-state index in [9.17, 15) is 9.18 Å². The Hall–Kier alpha value is -3.60. The lowest BCUT2D eigenvalue weighted by molar-refractivity contribution is 0.0737. The highest BCUT2D eigenvalue weighted by molar-refractivity contribution is 6.08. The fourth-order valence-corrected chi connectivity index (χ4v) is 4.30. The topological polar surface area (TPSA) is 34.5 Å². The lowest BCUT2D eigenvalue weighted by Crippen LogP contribution is -2.35. The summed E-state index contributed by atoms with van der Waals surface area (Å²) in [6, 6.07) is 22.2. The quantitative estimate of drug-likeness (QED) is 0.450. The van der Waals surface area contributed by atoms with Crippen LogP contribution in [-0.2, 0) is 13.0 Å². The maximum absolute atomic E-state index is 13.6. The second-order valence-electron chi connectivity index (χ2n) is 7.82. The summed E-state index contributed by atoms with van der Waals surface area (Å²) in [5.41, 5.74) is 3.79. The molecule has 0 spiro atoms.